The van der Waals surface area contributed by atoms with Gasteiger partial charge in [0.15, 0.2) is 5.78 Å². The minimum absolute atomic E-state index is 0.0125. The molecule has 2 N–H and O–H groups in total. The van der Waals surface area contributed by atoms with Crippen molar-refractivity contribution in [1.82, 2.24) is 15.1 Å². The topological polar surface area (TPSA) is 55.8 Å². The molecule has 0 spiro atoms. The van der Waals surface area contributed by atoms with Crippen LogP contribution in [0.4, 0.5) is 17.6 Å². The van der Waals surface area contributed by atoms with E-state index in [1.165, 1.54) is 18.2 Å². The summed E-state index contributed by atoms with van der Waals surface area (Å²) >= 11 is 0. The third-order valence-corrected chi connectivity index (χ3v) is 8.50. The molecule has 2 saturated heterocycles. The Morgan fingerprint density at radius 3 is 2.51 bits per heavy atom. The van der Waals surface area contributed by atoms with Gasteiger partial charge in [-0.25, -0.2) is 4.39 Å². The Labute approximate surface area is 240 Å². The fourth-order valence-electron chi connectivity index (χ4n) is 6.60. The van der Waals surface area contributed by atoms with Gasteiger partial charge in [-0.1, -0.05) is 24.3 Å². The summed E-state index contributed by atoms with van der Waals surface area (Å²) in [6.07, 6.45) is -2.13. The molecule has 2 unspecified atom stereocenters. The van der Waals surface area contributed by atoms with Crippen molar-refractivity contribution in [1.29, 1.82) is 0 Å². The van der Waals surface area contributed by atoms with E-state index in [1.54, 1.807) is 30.0 Å². The van der Waals surface area contributed by atoms with E-state index < -0.39 is 24.3 Å². The van der Waals surface area contributed by atoms with Crippen LogP contribution in [0.1, 0.15) is 80.3 Å². The third-order valence-electron chi connectivity index (χ3n) is 8.50. The summed E-state index contributed by atoms with van der Waals surface area (Å²) in [6.45, 7) is 9.86. The number of ketones is 1. The second-order valence-electron chi connectivity index (χ2n) is 12.7. The number of carbonyl (C=O) groups is 1. The lowest BCUT2D eigenvalue weighted by molar-refractivity contribution is -0.183. The van der Waals surface area contributed by atoms with Crippen molar-refractivity contribution in [3.8, 4) is 5.75 Å². The van der Waals surface area contributed by atoms with Crippen molar-refractivity contribution >= 4 is 5.78 Å². The van der Waals surface area contributed by atoms with Gasteiger partial charge < -0.3 is 10.0 Å². The highest BCUT2D eigenvalue weighted by molar-refractivity contribution is 5.99. The number of piperidine rings is 1. The van der Waals surface area contributed by atoms with Gasteiger partial charge in [0, 0.05) is 30.1 Å². The Balaban J connectivity index is 1.49. The summed E-state index contributed by atoms with van der Waals surface area (Å²) in [5.41, 5.74) is 1.44. The van der Waals surface area contributed by atoms with E-state index in [-0.39, 0.29) is 35.2 Å². The van der Waals surface area contributed by atoms with Crippen LogP contribution in [-0.4, -0.2) is 70.8 Å². The molecule has 2 fully saturated rings. The second kappa shape index (κ2) is 12.8. The maximum absolute atomic E-state index is 14.5. The lowest BCUT2D eigenvalue weighted by Crippen LogP contribution is -2.57. The number of nitrogens with zero attached hydrogens (tertiary/aromatic N) is 2. The quantitative estimate of drug-likeness (QED) is 0.258. The lowest BCUT2D eigenvalue weighted by Gasteiger charge is -2.40. The van der Waals surface area contributed by atoms with E-state index in [0.717, 1.165) is 5.56 Å². The molecule has 4 rings (SSSR count). The number of aromatic hydroxyl groups is 1. The molecule has 226 valence electrons. The highest BCUT2D eigenvalue weighted by Crippen LogP contribution is 2.38. The second-order valence-corrected chi connectivity index (χ2v) is 12.7. The highest BCUT2D eigenvalue weighted by atomic mass is 19.4. The maximum atomic E-state index is 14.5. The number of Topliss-reactive ketones (excluding diaryl/α,β-unsaturated/α-hetero) is 1. The molecular weight excluding hydrogens is 534 g/mol. The average Bonchev–Trinajstić information content (AvgIpc) is 3.40. The van der Waals surface area contributed by atoms with Gasteiger partial charge in [0.05, 0.1) is 6.17 Å². The van der Waals surface area contributed by atoms with E-state index in [2.05, 4.69) is 10.2 Å². The minimum atomic E-state index is -4.26. The molecule has 9 heteroatoms. The smallest absolute Gasteiger partial charge is 0.404 e. The van der Waals surface area contributed by atoms with Gasteiger partial charge in [-0.2, -0.15) is 13.2 Å². The summed E-state index contributed by atoms with van der Waals surface area (Å²) in [4.78, 5) is 17.6. The van der Waals surface area contributed by atoms with E-state index in [4.69, 9.17) is 0 Å². The average molecular weight is 578 g/mol. The molecule has 2 heterocycles. The summed E-state index contributed by atoms with van der Waals surface area (Å²) < 4.78 is 55.8. The Morgan fingerprint density at radius 2 is 1.83 bits per heavy atom. The minimum Gasteiger partial charge on any atom is -0.508 e. The molecular formula is C32H43F4N3O2. The molecule has 4 atom stereocenters. The highest BCUT2D eigenvalue weighted by Gasteiger charge is 2.48. The number of alkyl halides is 3. The number of phenolic OH excluding ortho intramolecular Hbond substituents is 1. The van der Waals surface area contributed by atoms with E-state index in [9.17, 15) is 27.5 Å². The zero-order valence-corrected chi connectivity index (χ0v) is 24.5. The van der Waals surface area contributed by atoms with Crippen LogP contribution < -0.4 is 5.32 Å². The van der Waals surface area contributed by atoms with Crippen LogP contribution >= 0.6 is 0 Å². The number of nitrogens with one attached hydrogen (secondary N) is 1. The monoisotopic (exact) mass is 577 g/mol. The van der Waals surface area contributed by atoms with Crippen LogP contribution in [0, 0.1) is 18.7 Å². The Kier molecular flexibility index (Phi) is 9.81. The zero-order chi connectivity index (χ0) is 29.9. The summed E-state index contributed by atoms with van der Waals surface area (Å²) in [7, 11) is 0. The van der Waals surface area contributed by atoms with Gasteiger partial charge in [-0.05, 0) is 108 Å². The SMILES string of the molecule is Cc1c(F)cccc1C1CCN(CCC[C@H](NC(C)(C)C)N2CCC[C@H]2C(F)(F)F)CC1C(=O)c1cccc(O)c1. The van der Waals surface area contributed by atoms with Gasteiger partial charge in [0.1, 0.15) is 17.6 Å². The molecule has 0 amide bonds. The van der Waals surface area contributed by atoms with Crippen LogP contribution in [-0.2, 0) is 0 Å². The maximum Gasteiger partial charge on any atom is 0.404 e. The molecule has 0 saturated carbocycles. The molecule has 0 radical (unpaired) electrons. The number of benzene rings is 2. The Morgan fingerprint density at radius 1 is 1.10 bits per heavy atom. The molecule has 0 aromatic heterocycles. The first-order chi connectivity index (χ1) is 19.2. The van der Waals surface area contributed by atoms with Crippen molar-refractivity contribution in [2.75, 3.05) is 26.2 Å². The number of rotatable bonds is 9. The van der Waals surface area contributed by atoms with Gasteiger partial charge >= 0.3 is 6.18 Å². The number of phenols is 1. The van der Waals surface area contributed by atoms with Crippen molar-refractivity contribution in [2.24, 2.45) is 5.92 Å². The molecule has 5 nitrogen and oxygen atoms in total. The van der Waals surface area contributed by atoms with Crippen molar-refractivity contribution in [2.45, 2.75) is 89.6 Å². The normalized spacial score (nSPS) is 23.6. The number of carbonyl (C=O) groups excluding carboxylic acids is 1. The van der Waals surface area contributed by atoms with E-state index >= 15 is 0 Å². The van der Waals surface area contributed by atoms with E-state index in [1.807, 2.05) is 26.8 Å². The first-order valence-electron chi connectivity index (χ1n) is 14.7. The first-order valence-corrected chi connectivity index (χ1v) is 14.7. The van der Waals surface area contributed by atoms with Crippen molar-refractivity contribution < 1.29 is 27.5 Å². The van der Waals surface area contributed by atoms with Gasteiger partial charge in [0.25, 0.3) is 0 Å². The van der Waals surface area contributed by atoms with Crippen LogP contribution in [0.15, 0.2) is 42.5 Å². The predicted octanol–water partition coefficient (Wildman–Crippen LogP) is 6.65. The van der Waals surface area contributed by atoms with Crippen LogP contribution in [0.25, 0.3) is 0 Å². The Hall–Kier alpha value is -2.49. The standard InChI is InChI=1S/C32H43F4N3O2/c1-21-24(11-6-12-27(21)33)25-15-18-38(20-26(25)30(41)22-9-5-10-23(40)19-22)16-8-14-29(37-31(2,3)4)39-17-7-13-28(39)32(34,35)36/h5-6,9-12,19,25-26,28-29,37,40H,7-8,13-18,20H2,1-4H3/t25?,26?,28-,29+/m0/s1. The fourth-order valence-corrected chi connectivity index (χ4v) is 6.60. The number of hydrogen-bond acceptors (Lipinski definition) is 5. The lowest BCUT2D eigenvalue weighted by atomic mass is 9.75. The largest absolute Gasteiger partial charge is 0.508 e. The molecule has 2 aromatic carbocycles. The first kappa shape index (κ1) is 31.4. The number of hydrogen-bond donors (Lipinski definition) is 2. The van der Waals surface area contributed by atoms with Crippen molar-refractivity contribution in [3.05, 3.63) is 65.0 Å². The zero-order valence-electron chi connectivity index (χ0n) is 24.5. The van der Waals surface area contributed by atoms with Gasteiger partial charge in [-0.15, -0.1) is 0 Å². The van der Waals surface area contributed by atoms with Crippen LogP contribution in [0.2, 0.25) is 0 Å². The fraction of sp³-hybridized carbons (Fsp3) is 0.594. The van der Waals surface area contributed by atoms with Gasteiger partial charge in [0.2, 0.25) is 0 Å². The van der Waals surface area contributed by atoms with Gasteiger partial charge in [-0.3, -0.25) is 15.0 Å². The van der Waals surface area contributed by atoms with Crippen molar-refractivity contribution in [3.63, 3.8) is 0 Å². The summed E-state index contributed by atoms with van der Waals surface area (Å²) in [5, 5.41) is 13.4. The third kappa shape index (κ3) is 7.87. The molecule has 2 aliphatic rings. The number of likely N-dealkylation sites (tertiary alicyclic amines) is 2. The molecule has 2 aliphatic heterocycles. The molecule has 41 heavy (non-hydrogen) atoms. The van der Waals surface area contributed by atoms with Crippen LogP contribution in [0.3, 0.4) is 0 Å². The van der Waals surface area contributed by atoms with E-state index in [0.29, 0.717) is 63.0 Å². The number of halogens is 4. The molecule has 0 bridgehead atoms. The molecule has 0 aliphatic carbocycles. The predicted molar refractivity (Wildman–Crippen MR) is 153 cm³/mol. The summed E-state index contributed by atoms with van der Waals surface area (Å²) in [6, 6.07) is 9.86. The summed E-state index contributed by atoms with van der Waals surface area (Å²) in [5.74, 6) is -1.01. The van der Waals surface area contributed by atoms with Crippen LogP contribution in [0.5, 0.6) is 5.75 Å². The molecule has 2 aromatic rings. The Bertz CT molecular complexity index is 1200.